The van der Waals surface area contributed by atoms with E-state index in [4.69, 9.17) is 0 Å². The summed E-state index contributed by atoms with van der Waals surface area (Å²) in [4.78, 5) is 12.6. The van der Waals surface area contributed by atoms with E-state index in [9.17, 15) is 4.79 Å². The number of amides is 1. The summed E-state index contributed by atoms with van der Waals surface area (Å²) in [6.07, 6.45) is 6.43. The van der Waals surface area contributed by atoms with Crippen LogP contribution < -0.4 is 10.6 Å². The fourth-order valence-electron chi connectivity index (χ4n) is 3.61. The lowest BCUT2D eigenvalue weighted by molar-refractivity contribution is -0.134. The van der Waals surface area contributed by atoms with Gasteiger partial charge in [0.05, 0.1) is 17.7 Å². The highest BCUT2D eigenvalue weighted by Crippen LogP contribution is 2.43. The summed E-state index contributed by atoms with van der Waals surface area (Å²) in [5.41, 5.74) is 0.889. The largest absolute Gasteiger partial charge is 0.350 e. The van der Waals surface area contributed by atoms with Crippen molar-refractivity contribution < 1.29 is 4.79 Å². The van der Waals surface area contributed by atoms with Gasteiger partial charge in [0, 0.05) is 19.8 Å². The third-order valence-electron chi connectivity index (χ3n) is 4.84. The Labute approximate surface area is 125 Å². The SMILES string of the molecule is Cl.Cn1nccc1CNC(=O)[C@@]12CCCC[C@H]1CNC2. The molecule has 112 valence electrons. The molecule has 3 rings (SSSR count). The average Bonchev–Trinajstić information content (AvgIpc) is 3.02. The molecule has 0 radical (unpaired) electrons. The molecule has 1 aromatic rings. The normalized spacial score (nSPS) is 28.6. The second-order valence-electron chi connectivity index (χ2n) is 5.86. The monoisotopic (exact) mass is 298 g/mol. The molecule has 1 aliphatic heterocycles. The molecule has 2 heterocycles. The van der Waals surface area contributed by atoms with E-state index >= 15 is 0 Å². The molecule has 0 unspecified atom stereocenters. The number of hydrogen-bond acceptors (Lipinski definition) is 3. The standard InChI is InChI=1S/C14H22N4O.ClH/c1-18-12(5-7-17-18)9-16-13(19)14-6-3-2-4-11(14)8-15-10-14;/h5,7,11,15H,2-4,6,8-10H2,1H3,(H,16,19);1H/t11-,14+;/m0./s1. The molecule has 2 aliphatic rings. The number of halogens is 1. The fraction of sp³-hybridized carbons (Fsp3) is 0.714. The molecule has 2 fully saturated rings. The maximum absolute atomic E-state index is 12.6. The van der Waals surface area contributed by atoms with E-state index in [1.807, 2.05) is 17.8 Å². The topological polar surface area (TPSA) is 59.0 Å². The van der Waals surface area contributed by atoms with Gasteiger partial charge in [0.15, 0.2) is 0 Å². The first-order valence-electron chi connectivity index (χ1n) is 7.18. The van der Waals surface area contributed by atoms with E-state index in [-0.39, 0.29) is 23.7 Å². The highest BCUT2D eigenvalue weighted by atomic mass is 35.5. The Morgan fingerprint density at radius 3 is 3.20 bits per heavy atom. The van der Waals surface area contributed by atoms with Gasteiger partial charge in [0.1, 0.15) is 0 Å². The molecule has 1 saturated heterocycles. The molecule has 1 saturated carbocycles. The van der Waals surface area contributed by atoms with Crippen LogP contribution in [0.2, 0.25) is 0 Å². The first-order chi connectivity index (χ1) is 9.22. The van der Waals surface area contributed by atoms with Crippen LogP contribution in [0.4, 0.5) is 0 Å². The number of hydrogen-bond donors (Lipinski definition) is 2. The molecule has 1 aliphatic carbocycles. The Morgan fingerprint density at radius 2 is 2.45 bits per heavy atom. The van der Waals surface area contributed by atoms with Gasteiger partial charge in [-0.1, -0.05) is 12.8 Å². The van der Waals surface area contributed by atoms with Crippen molar-refractivity contribution >= 4 is 18.3 Å². The molecule has 0 bridgehead atoms. The summed E-state index contributed by atoms with van der Waals surface area (Å²) < 4.78 is 1.81. The number of nitrogens with zero attached hydrogens (tertiary/aromatic N) is 2. The van der Waals surface area contributed by atoms with Gasteiger partial charge in [-0.2, -0.15) is 5.10 Å². The lowest BCUT2D eigenvalue weighted by Gasteiger charge is -2.37. The second-order valence-corrected chi connectivity index (χ2v) is 5.86. The molecule has 0 aromatic carbocycles. The summed E-state index contributed by atoms with van der Waals surface area (Å²) in [5, 5.41) is 10.7. The maximum Gasteiger partial charge on any atom is 0.228 e. The molecule has 1 aromatic heterocycles. The minimum absolute atomic E-state index is 0. The van der Waals surface area contributed by atoms with Crippen molar-refractivity contribution in [2.45, 2.75) is 32.2 Å². The molecule has 20 heavy (non-hydrogen) atoms. The molecular formula is C14H23ClN4O. The van der Waals surface area contributed by atoms with Crippen molar-refractivity contribution in [2.75, 3.05) is 13.1 Å². The van der Waals surface area contributed by atoms with Crippen LogP contribution in [-0.4, -0.2) is 28.8 Å². The average molecular weight is 299 g/mol. The quantitative estimate of drug-likeness (QED) is 0.883. The number of nitrogens with one attached hydrogen (secondary N) is 2. The number of aromatic nitrogens is 2. The second kappa shape index (κ2) is 6.14. The molecule has 6 heteroatoms. The van der Waals surface area contributed by atoms with Crippen molar-refractivity contribution in [3.63, 3.8) is 0 Å². The first-order valence-corrected chi connectivity index (χ1v) is 7.18. The number of aryl methyl sites for hydroxylation is 1. The van der Waals surface area contributed by atoms with Gasteiger partial charge in [-0.25, -0.2) is 0 Å². The lowest BCUT2D eigenvalue weighted by atomic mass is 9.67. The van der Waals surface area contributed by atoms with E-state index < -0.39 is 0 Å². The van der Waals surface area contributed by atoms with E-state index in [1.165, 1.54) is 19.3 Å². The smallest absolute Gasteiger partial charge is 0.228 e. The van der Waals surface area contributed by atoms with Crippen LogP contribution in [0.25, 0.3) is 0 Å². The van der Waals surface area contributed by atoms with Crippen molar-refractivity contribution in [3.05, 3.63) is 18.0 Å². The molecular weight excluding hydrogens is 276 g/mol. The molecule has 1 amide bonds. The van der Waals surface area contributed by atoms with Crippen LogP contribution in [0.1, 0.15) is 31.4 Å². The highest BCUT2D eigenvalue weighted by Gasteiger charge is 2.49. The van der Waals surface area contributed by atoms with Gasteiger partial charge >= 0.3 is 0 Å². The number of fused-ring (bicyclic) bond motifs is 1. The van der Waals surface area contributed by atoms with Crippen LogP contribution in [0.15, 0.2) is 12.3 Å². The zero-order valence-corrected chi connectivity index (χ0v) is 12.7. The Bertz CT molecular complexity index is 475. The minimum atomic E-state index is -0.156. The van der Waals surface area contributed by atoms with Crippen molar-refractivity contribution in [3.8, 4) is 0 Å². The maximum atomic E-state index is 12.6. The zero-order chi connectivity index (χ0) is 13.3. The van der Waals surface area contributed by atoms with Gasteiger partial charge < -0.3 is 10.6 Å². The summed E-state index contributed by atoms with van der Waals surface area (Å²) in [6, 6.07) is 1.95. The first kappa shape index (κ1) is 15.3. The zero-order valence-electron chi connectivity index (χ0n) is 11.9. The third kappa shape index (κ3) is 2.56. The minimum Gasteiger partial charge on any atom is -0.350 e. The predicted molar refractivity (Wildman–Crippen MR) is 79.6 cm³/mol. The number of rotatable bonds is 3. The van der Waals surface area contributed by atoms with E-state index in [0.717, 1.165) is 25.2 Å². The van der Waals surface area contributed by atoms with Gasteiger partial charge in [-0.05, 0) is 31.4 Å². The van der Waals surface area contributed by atoms with Gasteiger partial charge in [0.2, 0.25) is 5.91 Å². The summed E-state index contributed by atoms with van der Waals surface area (Å²) in [6.45, 7) is 2.41. The van der Waals surface area contributed by atoms with Crippen LogP contribution in [-0.2, 0) is 18.4 Å². The number of carbonyl (C=O) groups is 1. The van der Waals surface area contributed by atoms with Gasteiger partial charge in [-0.3, -0.25) is 9.48 Å². The van der Waals surface area contributed by atoms with E-state index in [0.29, 0.717) is 12.5 Å². The molecule has 0 spiro atoms. The van der Waals surface area contributed by atoms with Crippen LogP contribution >= 0.6 is 12.4 Å². The summed E-state index contributed by atoms with van der Waals surface area (Å²) >= 11 is 0. The van der Waals surface area contributed by atoms with Crippen molar-refractivity contribution in [1.29, 1.82) is 0 Å². The molecule has 2 N–H and O–H groups in total. The fourth-order valence-corrected chi connectivity index (χ4v) is 3.61. The van der Waals surface area contributed by atoms with Crippen molar-refractivity contribution in [2.24, 2.45) is 18.4 Å². The van der Waals surface area contributed by atoms with Gasteiger partial charge in [0.25, 0.3) is 0 Å². The van der Waals surface area contributed by atoms with Crippen LogP contribution in [0.5, 0.6) is 0 Å². The number of carbonyl (C=O) groups excluding carboxylic acids is 1. The summed E-state index contributed by atoms with van der Waals surface area (Å²) in [7, 11) is 1.90. The molecule has 5 nitrogen and oxygen atoms in total. The van der Waals surface area contributed by atoms with Crippen LogP contribution in [0, 0.1) is 11.3 Å². The van der Waals surface area contributed by atoms with E-state index in [2.05, 4.69) is 15.7 Å². The summed E-state index contributed by atoms with van der Waals surface area (Å²) in [5.74, 6) is 0.746. The third-order valence-corrected chi connectivity index (χ3v) is 4.84. The van der Waals surface area contributed by atoms with Gasteiger partial charge in [-0.15, -0.1) is 12.4 Å². The van der Waals surface area contributed by atoms with E-state index in [1.54, 1.807) is 6.20 Å². The van der Waals surface area contributed by atoms with Crippen molar-refractivity contribution in [1.82, 2.24) is 20.4 Å². The Hall–Kier alpha value is -1.07. The van der Waals surface area contributed by atoms with Crippen LogP contribution in [0.3, 0.4) is 0 Å². The highest BCUT2D eigenvalue weighted by molar-refractivity contribution is 5.85. The Balaban J connectivity index is 0.00000147. The Morgan fingerprint density at radius 1 is 1.60 bits per heavy atom. The Kier molecular flexibility index (Phi) is 4.70. The molecule has 2 atom stereocenters. The predicted octanol–water partition coefficient (Wildman–Crippen LogP) is 1.24. The lowest BCUT2D eigenvalue weighted by Crippen LogP contribution is -2.47.